The van der Waals surface area contributed by atoms with E-state index < -0.39 is 17.1 Å². The molecule has 1 heterocycles. The summed E-state index contributed by atoms with van der Waals surface area (Å²) >= 11 is 0. The first-order chi connectivity index (χ1) is 6.20. The van der Waals surface area contributed by atoms with E-state index in [0.717, 1.165) is 0 Å². The molecule has 0 saturated heterocycles. The number of benzene rings is 1. The van der Waals surface area contributed by atoms with Gasteiger partial charge in [0.05, 0.1) is 5.39 Å². The largest absolute Gasteiger partial charge is 0.499 e. The van der Waals surface area contributed by atoms with Gasteiger partial charge in [-0.3, -0.25) is 4.79 Å². The van der Waals surface area contributed by atoms with Crippen molar-refractivity contribution in [2.45, 2.75) is 0 Å². The molecule has 2 rings (SSSR count). The summed E-state index contributed by atoms with van der Waals surface area (Å²) in [4.78, 5) is 11.3. The summed E-state index contributed by atoms with van der Waals surface area (Å²) in [6, 6.07) is 6.37. The Hall–Kier alpha value is -1.97. The smallest absolute Gasteiger partial charge is 0.330 e. The second kappa shape index (κ2) is 2.52. The molecule has 2 aromatic rings. The molecule has 4 nitrogen and oxygen atoms in total. The van der Waals surface area contributed by atoms with E-state index in [1.54, 1.807) is 12.1 Å². The number of aromatic hydroxyl groups is 2. The van der Waals surface area contributed by atoms with Gasteiger partial charge >= 0.3 is 5.95 Å². The minimum atomic E-state index is -0.751. The van der Waals surface area contributed by atoms with Gasteiger partial charge in [0.2, 0.25) is 11.2 Å². The maximum atomic E-state index is 11.3. The summed E-state index contributed by atoms with van der Waals surface area (Å²) in [5.41, 5.74) is -0.373. The Balaban J connectivity index is 3.03. The minimum absolute atomic E-state index is 0.248. The third-order valence-electron chi connectivity index (χ3n) is 1.76. The zero-order valence-corrected chi connectivity index (χ0v) is 6.52. The molecular formula is C9H6O4. The van der Waals surface area contributed by atoms with Crippen molar-refractivity contribution in [3.05, 3.63) is 34.5 Å². The van der Waals surface area contributed by atoms with Crippen molar-refractivity contribution in [3.8, 4) is 11.7 Å². The van der Waals surface area contributed by atoms with Crippen LogP contribution in [0.1, 0.15) is 0 Å². The number of hydrogen-bond donors (Lipinski definition) is 2. The van der Waals surface area contributed by atoms with E-state index in [4.69, 9.17) is 14.6 Å². The van der Waals surface area contributed by atoms with E-state index in [0.29, 0.717) is 0 Å². The normalized spacial score (nSPS) is 10.5. The van der Waals surface area contributed by atoms with Gasteiger partial charge in [-0.2, -0.15) is 0 Å². The molecule has 13 heavy (non-hydrogen) atoms. The van der Waals surface area contributed by atoms with Gasteiger partial charge in [-0.1, -0.05) is 12.1 Å². The van der Waals surface area contributed by atoms with Gasteiger partial charge < -0.3 is 14.6 Å². The molecule has 0 radical (unpaired) electrons. The maximum Gasteiger partial charge on any atom is 0.330 e. The topological polar surface area (TPSA) is 70.7 Å². The SMILES string of the molecule is O=c1c(O)c(O)oc2ccccc12. The van der Waals surface area contributed by atoms with Gasteiger partial charge in [0, 0.05) is 0 Å². The molecule has 1 aromatic heterocycles. The highest BCUT2D eigenvalue weighted by molar-refractivity contribution is 5.78. The molecule has 4 heteroatoms. The van der Waals surface area contributed by atoms with Gasteiger partial charge in [0.15, 0.2) is 0 Å². The molecule has 0 saturated carbocycles. The Morgan fingerprint density at radius 3 is 2.62 bits per heavy atom. The molecule has 0 bridgehead atoms. The van der Waals surface area contributed by atoms with E-state index in [1.165, 1.54) is 12.1 Å². The molecule has 0 amide bonds. The predicted octanol–water partition coefficient (Wildman–Crippen LogP) is 1.20. The van der Waals surface area contributed by atoms with Crippen LogP contribution in [-0.2, 0) is 0 Å². The Morgan fingerprint density at radius 2 is 1.85 bits per heavy atom. The van der Waals surface area contributed by atoms with E-state index in [-0.39, 0.29) is 11.0 Å². The van der Waals surface area contributed by atoms with Crippen LogP contribution in [0.15, 0.2) is 33.5 Å². The Labute approximate surface area is 72.7 Å². The van der Waals surface area contributed by atoms with Crippen molar-refractivity contribution in [1.29, 1.82) is 0 Å². The molecule has 1 aromatic carbocycles. The molecule has 0 aliphatic rings. The highest BCUT2D eigenvalue weighted by Crippen LogP contribution is 2.24. The second-order valence-electron chi connectivity index (χ2n) is 2.58. The lowest BCUT2D eigenvalue weighted by molar-refractivity contribution is 0.303. The van der Waals surface area contributed by atoms with Crippen molar-refractivity contribution in [2.75, 3.05) is 0 Å². The summed E-state index contributed by atoms with van der Waals surface area (Å²) in [5, 5.41) is 18.3. The molecule has 0 spiro atoms. The van der Waals surface area contributed by atoms with Crippen LogP contribution >= 0.6 is 0 Å². The van der Waals surface area contributed by atoms with Crippen LogP contribution in [0.4, 0.5) is 0 Å². The van der Waals surface area contributed by atoms with E-state index >= 15 is 0 Å². The van der Waals surface area contributed by atoms with Crippen LogP contribution in [0, 0.1) is 0 Å². The van der Waals surface area contributed by atoms with Crippen LogP contribution in [0.5, 0.6) is 11.7 Å². The zero-order chi connectivity index (χ0) is 9.42. The summed E-state index contributed by atoms with van der Waals surface area (Å²) < 4.78 is 4.78. The zero-order valence-electron chi connectivity index (χ0n) is 6.52. The number of rotatable bonds is 0. The van der Waals surface area contributed by atoms with E-state index in [1.807, 2.05) is 0 Å². The molecule has 0 aliphatic heterocycles. The minimum Gasteiger partial charge on any atom is -0.499 e. The highest BCUT2D eigenvalue weighted by Gasteiger charge is 2.10. The van der Waals surface area contributed by atoms with Crippen molar-refractivity contribution in [3.63, 3.8) is 0 Å². The fourth-order valence-corrected chi connectivity index (χ4v) is 1.12. The maximum absolute atomic E-state index is 11.3. The van der Waals surface area contributed by atoms with Crippen molar-refractivity contribution in [1.82, 2.24) is 0 Å². The molecule has 0 unspecified atom stereocenters. The van der Waals surface area contributed by atoms with Crippen LogP contribution in [0.2, 0.25) is 0 Å². The van der Waals surface area contributed by atoms with Crippen molar-refractivity contribution in [2.24, 2.45) is 0 Å². The predicted molar refractivity (Wildman–Crippen MR) is 45.8 cm³/mol. The van der Waals surface area contributed by atoms with Crippen LogP contribution in [0.3, 0.4) is 0 Å². The third-order valence-corrected chi connectivity index (χ3v) is 1.76. The summed E-state index contributed by atoms with van der Waals surface area (Å²) in [6.45, 7) is 0. The standard InChI is InChI=1S/C9H6O4/c10-7-5-3-1-2-4-6(5)13-9(12)8(7)11/h1-4,11-12H. The molecule has 66 valence electrons. The van der Waals surface area contributed by atoms with Crippen molar-refractivity contribution < 1.29 is 14.6 Å². The number of fused-ring (bicyclic) bond motifs is 1. The van der Waals surface area contributed by atoms with Gasteiger partial charge in [-0.25, -0.2) is 0 Å². The first-order valence-electron chi connectivity index (χ1n) is 3.64. The quantitative estimate of drug-likeness (QED) is 0.635. The molecule has 0 fully saturated rings. The van der Waals surface area contributed by atoms with E-state index in [2.05, 4.69) is 0 Å². The molecule has 0 atom stereocenters. The van der Waals surface area contributed by atoms with Gasteiger partial charge in [0.1, 0.15) is 5.58 Å². The lowest BCUT2D eigenvalue weighted by Gasteiger charge is -1.98. The second-order valence-corrected chi connectivity index (χ2v) is 2.58. The number of para-hydroxylation sites is 1. The summed E-state index contributed by atoms with van der Waals surface area (Å²) in [5.74, 6) is -1.50. The Bertz CT molecular complexity index is 512. The van der Waals surface area contributed by atoms with Crippen LogP contribution < -0.4 is 5.43 Å². The van der Waals surface area contributed by atoms with Gasteiger partial charge in [-0.05, 0) is 12.1 Å². The summed E-state index contributed by atoms with van der Waals surface area (Å²) in [7, 11) is 0. The Morgan fingerprint density at radius 1 is 1.15 bits per heavy atom. The fraction of sp³-hybridized carbons (Fsp3) is 0. The fourth-order valence-electron chi connectivity index (χ4n) is 1.12. The first-order valence-corrected chi connectivity index (χ1v) is 3.64. The number of hydrogen-bond acceptors (Lipinski definition) is 4. The highest BCUT2D eigenvalue weighted by atomic mass is 16.5. The van der Waals surface area contributed by atoms with Gasteiger partial charge in [0.25, 0.3) is 0 Å². The first kappa shape index (κ1) is 7.67. The lowest BCUT2D eigenvalue weighted by Crippen LogP contribution is -1.99. The van der Waals surface area contributed by atoms with Crippen molar-refractivity contribution >= 4 is 11.0 Å². The molecular weight excluding hydrogens is 172 g/mol. The monoisotopic (exact) mass is 178 g/mol. The lowest BCUT2D eigenvalue weighted by atomic mass is 10.2. The van der Waals surface area contributed by atoms with E-state index in [9.17, 15) is 4.79 Å². The third kappa shape index (κ3) is 1.03. The Kier molecular flexibility index (Phi) is 1.48. The van der Waals surface area contributed by atoms with Gasteiger partial charge in [-0.15, -0.1) is 0 Å². The molecule has 0 aliphatic carbocycles. The average Bonchev–Trinajstić information content (AvgIpc) is 2.15. The summed E-state index contributed by atoms with van der Waals surface area (Å²) in [6.07, 6.45) is 0. The van der Waals surface area contributed by atoms with Crippen LogP contribution in [0.25, 0.3) is 11.0 Å². The van der Waals surface area contributed by atoms with Crippen LogP contribution in [-0.4, -0.2) is 10.2 Å². The average molecular weight is 178 g/mol. The molecule has 2 N–H and O–H groups in total.